The second-order valence-electron chi connectivity index (χ2n) is 4.18. The van der Waals surface area contributed by atoms with Crippen molar-refractivity contribution in [1.82, 2.24) is 5.16 Å². The Bertz CT molecular complexity index is 691. The molecule has 0 spiro atoms. The van der Waals surface area contributed by atoms with Crippen LogP contribution in [0.1, 0.15) is 28.6 Å². The number of aromatic carboxylic acids is 1. The number of rotatable bonds is 3. The first-order valence-electron chi connectivity index (χ1n) is 5.84. The molecule has 1 aromatic carbocycles. The fourth-order valence-corrected chi connectivity index (χ4v) is 1.87. The Morgan fingerprint density at radius 1 is 1.38 bits per heavy atom. The Morgan fingerprint density at radius 2 is 2.05 bits per heavy atom. The molecule has 0 amide bonds. The van der Waals surface area contributed by atoms with Gasteiger partial charge in [-0.2, -0.15) is 13.2 Å². The minimum atomic E-state index is -4.89. The first-order chi connectivity index (χ1) is 9.75. The minimum Gasteiger partial charge on any atom is -0.477 e. The van der Waals surface area contributed by atoms with Crippen LogP contribution in [0.3, 0.4) is 0 Å². The Kier molecular flexibility index (Phi) is 3.71. The van der Waals surface area contributed by atoms with E-state index in [1.165, 1.54) is 0 Å². The smallest absolute Gasteiger partial charge is 0.419 e. The third-order valence-electron chi connectivity index (χ3n) is 2.84. The first kappa shape index (κ1) is 15.0. The highest BCUT2D eigenvalue weighted by Crippen LogP contribution is 2.35. The average molecular weight is 303 g/mol. The first-order valence-corrected chi connectivity index (χ1v) is 5.84. The zero-order valence-electron chi connectivity index (χ0n) is 10.7. The number of alkyl halides is 3. The molecular weight excluding hydrogens is 294 g/mol. The molecule has 2 rings (SSSR count). The number of aromatic nitrogens is 1. The molecule has 0 radical (unpaired) electrons. The van der Waals surface area contributed by atoms with Crippen LogP contribution in [0.2, 0.25) is 0 Å². The summed E-state index contributed by atoms with van der Waals surface area (Å²) in [6.07, 6.45) is -4.68. The maximum absolute atomic E-state index is 13.2. The Morgan fingerprint density at radius 3 is 2.57 bits per heavy atom. The van der Waals surface area contributed by atoms with E-state index in [1.54, 1.807) is 6.92 Å². The van der Waals surface area contributed by atoms with Crippen LogP contribution in [0, 0.1) is 5.82 Å². The van der Waals surface area contributed by atoms with E-state index in [0.29, 0.717) is 12.1 Å². The quantitative estimate of drug-likeness (QED) is 0.877. The molecule has 0 aliphatic heterocycles. The molecular formula is C13H9F4NO3. The van der Waals surface area contributed by atoms with Crippen molar-refractivity contribution >= 4 is 5.97 Å². The van der Waals surface area contributed by atoms with Gasteiger partial charge in [0.15, 0.2) is 5.76 Å². The lowest BCUT2D eigenvalue weighted by Crippen LogP contribution is -2.08. The zero-order valence-corrected chi connectivity index (χ0v) is 10.7. The SMILES string of the molecule is CCc1onc(-c2ccc(F)c(C(F)(F)F)c2)c1C(=O)O. The monoisotopic (exact) mass is 303 g/mol. The van der Waals surface area contributed by atoms with Crippen molar-refractivity contribution < 1.29 is 32.0 Å². The van der Waals surface area contributed by atoms with Crippen molar-refractivity contribution in [3.05, 3.63) is 40.9 Å². The maximum atomic E-state index is 13.2. The lowest BCUT2D eigenvalue weighted by Gasteiger charge is -2.09. The standard InChI is InChI=1S/C13H9F4NO3/c1-2-9-10(12(19)20)11(18-21-9)6-3-4-8(14)7(5-6)13(15,16)17/h3-5H,2H2,1H3,(H,19,20). The molecule has 8 heteroatoms. The maximum Gasteiger partial charge on any atom is 0.419 e. The molecule has 0 fully saturated rings. The second-order valence-corrected chi connectivity index (χ2v) is 4.18. The number of carboxylic acid groups (broad SMARTS) is 1. The molecule has 0 aliphatic rings. The van der Waals surface area contributed by atoms with E-state index in [1.807, 2.05) is 0 Å². The van der Waals surface area contributed by atoms with Crippen LogP contribution in [-0.2, 0) is 12.6 Å². The van der Waals surface area contributed by atoms with Gasteiger partial charge in [-0.25, -0.2) is 9.18 Å². The predicted molar refractivity (Wildman–Crippen MR) is 63.2 cm³/mol. The number of nitrogens with zero attached hydrogens (tertiary/aromatic N) is 1. The summed E-state index contributed by atoms with van der Waals surface area (Å²) in [4.78, 5) is 11.2. The van der Waals surface area contributed by atoms with Crippen molar-refractivity contribution in [3.63, 3.8) is 0 Å². The van der Waals surface area contributed by atoms with Crippen molar-refractivity contribution in [2.45, 2.75) is 19.5 Å². The number of hydrogen-bond donors (Lipinski definition) is 1. The Hall–Kier alpha value is -2.38. The van der Waals surface area contributed by atoms with Crippen LogP contribution in [0.4, 0.5) is 17.6 Å². The van der Waals surface area contributed by atoms with E-state index >= 15 is 0 Å². The number of carboxylic acids is 1. The van der Waals surface area contributed by atoms with Gasteiger partial charge in [-0.15, -0.1) is 0 Å². The molecule has 0 saturated heterocycles. The molecule has 1 heterocycles. The minimum absolute atomic E-state index is 0.0374. The number of aryl methyl sites for hydroxylation is 1. The third kappa shape index (κ3) is 2.74. The van der Waals surface area contributed by atoms with Gasteiger partial charge in [-0.3, -0.25) is 0 Å². The largest absolute Gasteiger partial charge is 0.477 e. The molecule has 1 N–H and O–H groups in total. The van der Waals surface area contributed by atoms with E-state index in [0.717, 1.165) is 6.07 Å². The summed E-state index contributed by atoms with van der Waals surface area (Å²) in [6, 6.07) is 2.15. The molecule has 0 saturated carbocycles. The molecule has 0 atom stereocenters. The van der Waals surface area contributed by atoms with Gasteiger partial charge < -0.3 is 9.63 Å². The van der Waals surface area contributed by atoms with Crippen molar-refractivity contribution in [2.24, 2.45) is 0 Å². The van der Waals surface area contributed by atoms with E-state index in [2.05, 4.69) is 5.16 Å². The average Bonchev–Trinajstić information content (AvgIpc) is 2.81. The molecule has 4 nitrogen and oxygen atoms in total. The summed E-state index contributed by atoms with van der Waals surface area (Å²) in [7, 11) is 0. The van der Waals surface area contributed by atoms with Crippen LogP contribution in [0.15, 0.2) is 22.7 Å². The van der Waals surface area contributed by atoms with Gasteiger partial charge in [0.1, 0.15) is 17.1 Å². The summed E-state index contributed by atoms with van der Waals surface area (Å²) in [6.45, 7) is 1.61. The van der Waals surface area contributed by atoms with E-state index < -0.39 is 23.5 Å². The van der Waals surface area contributed by atoms with Crippen LogP contribution in [0.25, 0.3) is 11.3 Å². The van der Waals surface area contributed by atoms with Gasteiger partial charge in [0.2, 0.25) is 0 Å². The zero-order chi connectivity index (χ0) is 15.8. The van der Waals surface area contributed by atoms with Gasteiger partial charge in [0.05, 0.1) is 5.56 Å². The van der Waals surface area contributed by atoms with Gasteiger partial charge >= 0.3 is 12.1 Å². The summed E-state index contributed by atoms with van der Waals surface area (Å²) in [5.74, 6) is -2.78. The number of benzene rings is 1. The molecule has 2 aromatic rings. The van der Waals surface area contributed by atoms with Gasteiger partial charge in [0, 0.05) is 12.0 Å². The van der Waals surface area contributed by atoms with Crippen LogP contribution >= 0.6 is 0 Å². The number of halogens is 4. The van der Waals surface area contributed by atoms with Crippen molar-refractivity contribution in [1.29, 1.82) is 0 Å². The highest BCUT2D eigenvalue weighted by atomic mass is 19.4. The second kappa shape index (κ2) is 5.19. The van der Waals surface area contributed by atoms with Gasteiger partial charge in [-0.1, -0.05) is 12.1 Å². The fourth-order valence-electron chi connectivity index (χ4n) is 1.87. The van der Waals surface area contributed by atoms with E-state index in [4.69, 9.17) is 9.63 Å². The summed E-state index contributed by atoms with van der Waals surface area (Å²) in [5, 5.41) is 12.6. The normalized spacial score (nSPS) is 11.7. The molecule has 21 heavy (non-hydrogen) atoms. The van der Waals surface area contributed by atoms with Crippen LogP contribution in [-0.4, -0.2) is 16.2 Å². The van der Waals surface area contributed by atoms with Crippen molar-refractivity contribution in [2.75, 3.05) is 0 Å². The molecule has 112 valence electrons. The highest BCUT2D eigenvalue weighted by molar-refractivity contribution is 5.95. The van der Waals surface area contributed by atoms with Crippen LogP contribution < -0.4 is 0 Å². The Balaban J connectivity index is 2.63. The molecule has 0 unspecified atom stereocenters. The molecule has 1 aromatic heterocycles. The molecule has 0 aliphatic carbocycles. The van der Waals surface area contributed by atoms with E-state index in [-0.39, 0.29) is 29.0 Å². The number of carbonyl (C=O) groups is 1. The summed E-state index contributed by atoms with van der Waals surface area (Å²) >= 11 is 0. The summed E-state index contributed by atoms with van der Waals surface area (Å²) < 4.78 is 56.1. The van der Waals surface area contributed by atoms with Crippen molar-refractivity contribution in [3.8, 4) is 11.3 Å². The third-order valence-corrected chi connectivity index (χ3v) is 2.84. The number of hydrogen-bond acceptors (Lipinski definition) is 3. The Labute approximate surface area is 116 Å². The lowest BCUT2D eigenvalue weighted by atomic mass is 10.0. The highest BCUT2D eigenvalue weighted by Gasteiger charge is 2.35. The van der Waals surface area contributed by atoms with Crippen LogP contribution in [0.5, 0.6) is 0 Å². The summed E-state index contributed by atoms with van der Waals surface area (Å²) in [5.41, 5.74) is -2.25. The topological polar surface area (TPSA) is 63.3 Å². The molecule has 0 bridgehead atoms. The lowest BCUT2D eigenvalue weighted by molar-refractivity contribution is -0.139. The predicted octanol–water partition coefficient (Wildman–Crippen LogP) is 3.76. The van der Waals surface area contributed by atoms with Gasteiger partial charge in [-0.05, 0) is 18.2 Å². The van der Waals surface area contributed by atoms with Gasteiger partial charge in [0.25, 0.3) is 0 Å². The fraction of sp³-hybridized carbons (Fsp3) is 0.231. The van der Waals surface area contributed by atoms with E-state index in [9.17, 15) is 22.4 Å².